The molecule has 0 aliphatic carbocycles. The van der Waals surface area contributed by atoms with Crippen molar-refractivity contribution in [2.24, 2.45) is 0 Å². The van der Waals surface area contributed by atoms with Gasteiger partial charge in [0.25, 0.3) is 0 Å². The molecule has 1 N–H and O–H groups in total. The first-order valence-corrected chi connectivity index (χ1v) is 11.2. The van der Waals surface area contributed by atoms with Gasteiger partial charge in [-0.2, -0.15) is 5.10 Å². The van der Waals surface area contributed by atoms with Gasteiger partial charge in [0.2, 0.25) is 0 Å². The average molecular weight is 453 g/mol. The third-order valence-corrected chi connectivity index (χ3v) is 5.30. The lowest BCUT2D eigenvalue weighted by Gasteiger charge is -2.07. The molecule has 0 radical (unpaired) electrons. The van der Waals surface area contributed by atoms with Crippen LogP contribution in [0.15, 0.2) is 54.6 Å². The molecular formula is C25H28N2O6. The first-order valence-electron chi connectivity index (χ1n) is 11.2. The Kier molecular flexibility index (Phi) is 7.17. The monoisotopic (exact) mass is 452 g/mol. The maximum absolute atomic E-state index is 5.72. The fourth-order valence-electron chi connectivity index (χ4n) is 3.27. The predicted octanol–water partition coefficient (Wildman–Crippen LogP) is 3.33. The summed E-state index contributed by atoms with van der Waals surface area (Å²) in [6.45, 7) is 5.05. The molecule has 2 unspecified atom stereocenters. The van der Waals surface area contributed by atoms with E-state index in [0.717, 1.165) is 47.2 Å². The molecule has 2 aliphatic rings. The quantitative estimate of drug-likeness (QED) is 0.296. The molecular weight excluding hydrogens is 424 g/mol. The zero-order chi connectivity index (χ0) is 22.3. The van der Waals surface area contributed by atoms with Crippen molar-refractivity contribution in [3.63, 3.8) is 0 Å². The molecule has 2 aromatic carbocycles. The van der Waals surface area contributed by atoms with Crippen LogP contribution in [-0.4, -0.2) is 75.3 Å². The highest BCUT2D eigenvalue weighted by atomic mass is 16.6. The molecule has 2 saturated heterocycles. The summed E-state index contributed by atoms with van der Waals surface area (Å²) < 4.78 is 32.6. The van der Waals surface area contributed by atoms with Gasteiger partial charge in [-0.1, -0.05) is 0 Å². The Labute approximate surface area is 192 Å². The van der Waals surface area contributed by atoms with Crippen molar-refractivity contribution < 1.29 is 28.4 Å². The zero-order valence-corrected chi connectivity index (χ0v) is 18.4. The maximum Gasteiger partial charge on any atom is 0.119 e. The van der Waals surface area contributed by atoms with E-state index in [1.807, 2.05) is 54.6 Å². The lowest BCUT2D eigenvalue weighted by atomic mass is 10.1. The van der Waals surface area contributed by atoms with Gasteiger partial charge in [0.1, 0.15) is 36.9 Å². The molecule has 0 amide bonds. The topological polar surface area (TPSA) is 90.7 Å². The molecule has 174 valence electrons. The molecule has 3 aromatic rings. The van der Waals surface area contributed by atoms with Crippen LogP contribution < -0.4 is 9.47 Å². The van der Waals surface area contributed by atoms with Gasteiger partial charge in [-0.15, -0.1) is 0 Å². The molecule has 2 fully saturated rings. The Balaban J connectivity index is 1.08. The molecule has 2 aliphatic heterocycles. The van der Waals surface area contributed by atoms with E-state index in [1.54, 1.807) is 0 Å². The van der Waals surface area contributed by atoms with Gasteiger partial charge >= 0.3 is 0 Å². The van der Waals surface area contributed by atoms with Crippen LogP contribution in [0.1, 0.15) is 0 Å². The molecule has 0 spiro atoms. The third kappa shape index (κ3) is 6.79. The van der Waals surface area contributed by atoms with Crippen molar-refractivity contribution in [1.29, 1.82) is 0 Å². The fraction of sp³-hybridized carbons (Fsp3) is 0.400. The number of nitrogens with one attached hydrogen (secondary N) is 1. The van der Waals surface area contributed by atoms with Crippen LogP contribution in [0.3, 0.4) is 0 Å². The Morgan fingerprint density at radius 2 is 1.24 bits per heavy atom. The highest BCUT2D eigenvalue weighted by molar-refractivity contribution is 5.68. The number of aromatic amines is 1. The van der Waals surface area contributed by atoms with E-state index >= 15 is 0 Å². The average Bonchev–Trinajstić information content (AvgIpc) is 3.79. The number of hydrogen-bond acceptors (Lipinski definition) is 7. The second-order valence-electron chi connectivity index (χ2n) is 7.97. The van der Waals surface area contributed by atoms with Crippen molar-refractivity contribution >= 4 is 0 Å². The van der Waals surface area contributed by atoms with Crippen LogP contribution in [0.4, 0.5) is 0 Å². The molecule has 2 atom stereocenters. The van der Waals surface area contributed by atoms with E-state index in [-0.39, 0.29) is 12.2 Å². The summed E-state index contributed by atoms with van der Waals surface area (Å²) >= 11 is 0. The standard InChI is InChI=1S/C25H28N2O6/c1-5-20(30-11-9-28-14-22-16-32-22)6-2-18(1)24-13-25(27-26-24)19-3-7-21(8-4-19)31-12-10-29-15-23-17-33-23/h1-8,13,22-23H,9-12,14-17H2,(H,26,27). The first kappa shape index (κ1) is 21.9. The second kappa shape index (κ2) is 10.8. The number of nitrogens with zero attached hydrogens (tertiary/aromatic N) is 1. The molecule has 5 rings (SSSR count). The van der Waals surface area contributed by atoms with E-state index in [4.69, 9.17) is 28.4 Å². The second-order valence-corrected chi connectivity index (χ2v) is 7.97. The van der Waals surface area contributed by atoms with Gasteiger partial charge in [-0.3, -0.25) is 5.10 Å². The summed E-state index contributed by atoms with van der Waals surface area (Å²) in [6, 6.07) is 17.9. The number of epoxide rings is 2. The van der Waals surface area contributed by atoms with Gasteiger partial charge in [0, 0.05) is 5.56 Å². The normalized spacial score (nSPS) is 18.8. The van der Waals surface area contributed by atoms with E-state index in [2.05, 4.69) is 10.2 Å². The molecule has 33 heavy (non-hydrogen) atoms. The molecule has 8 heteroatoms. The highest BCUT2D eigenvalue weighted by Crippen LogP contribution is 2.26. The molecule has 0 bridgehead atoms. The molecule has 0 saturated carbocycles. The van der Waals surface area contributed by atoms with Crippen molar-refractivity contribution in [1.82, 2.24) is 10.2 Å². The van der Waals surface area contributed by atoms with Crippen LogP contribution in [0.2, 0.25) is 0 Å². The van der Waals surface area contributed by atoms with E-state index in [9.17, 15) is 0 Å². The summed E-state index contributed by atoms with van der Waals surface area (Å²) in [4.78, 5) is 0. The Bertz CT molecular complexity index is 916. The van der Waals surface area contributed by atoms with E-state index in [0.29, 0.717) is 39.6 Å². The van der Waals surface area contributed by atoms with Crippen molar-refractivity contribution in [3.05, 3.63) is 54.6 Å². The Hall–Kier alpha value is -2.91. The molecule has 1 aromatic heterocycles. The van der Waals surface area contributed by atoms with Gasteiger partial charge in [-0.05, 0) is 60.2 Å². The lowest BCUT2D eigenvalue weighted by molar-refractivity contribution is 0.0878. The number of H-pyrrole nitrogens is 1. The largest absolute Gasteiger partial charge is 0.491 e. The first-order chi connectivity index (χ1) is 16.3. The van der Waals surface area contributed by atoms with Crippen LogP contribution in [0.5, 0.6) is 11.5 Å². The van der Waals surface area contributed by atoms with Gasteiger partial charge < -0.3 is 28.4 Å². The number of hydrogen-bond donors (Lipinski definition) is 1. The van der Waals surface area contributed by atoms with Gasteiger partial charge in [-0.25, -0.2) is 0 Å². The highest BCUT2D eigenvalue weighted by Gasteiger charge is 2.22. The number of aromatic nitrogens is 2. The minimum Gasteiger partial charge on any atom is -0.491 e. The zero-order valence-electron chi connectivity index (χ0n) is 18.4. The van der Waals surface area contributed by atoms with Crippen LogP contribution in [0.25, 0.3) is 22.5 Å². The van der Waals surface area contributed by atoms with Gasteiger partial charge in [0.05, 0.1) is 51.0 Å². The molecule has 8 nitrogen and oxygen atoms in total. The van der Waals surface area contributed by atoms with Crippen LogP contribution >= 0.6 is 0 Å². The summed E-state index contributed by atoms with van der Waals surface area (Å²) in [7, 11) is 0. The summed E-state index contributed by atoms with van der Waals surface area (Å²) in [5.41, 5.74) is 3.88. The van der Waals surface area contributed by atoms with E-state index < -0.39 is 0 Å². The maximum atomic E-state index is 5.72. The van der Waals surface area contributed by atoms with Crippen molar-refractivity contribution in [2.45, 2.75) is 12.2 Å². The number of benzene rings is 2. The van der Waals surface area contributed by atoms with Crippen LogP contribution in [0, 0.1) is 0 Å². The third-order valence-electron chi connectivity index (χ3n) is 5.30. The lowest BCUT2D eigenvalue weighted by Crippen LogP contribution is -2.10. The minimum absolute atomic E-state index is 0.284. The Morgan fingerprint density at radius 1 is 0.727 bits per heavy atom. The van der Waals surface area contributed by atoms with Crippen molar-refractivity contribution in [2.75, 3.05) is 52.9 Å². The summed E-state index contributed by atoms with van der Waals surface area (Å²) in [5.74, 6) is 1.62. The Morgan fingerprint density at radius 3 is 1.76 bits per heavy atom. The number of ether oxygens (including phenoxy) is 6. The molecule has 3 heterocycles. The predicted molar refractivity (Wildman–Crippen MR) is 122 cm³/mol. The van der Waals surface area contributed by atoms with E-state index in [1.165, 1.54) is 0 Å². The van der Waals surface area contributed by atoms with Crippen molar-refractivity contribution in [3.8, 4) is 34.0 Å². The SMILES string of the molecule is c1cc(-c2cc(-c3ccc(OCCOCC4CO4)cc3)[nH]n2)ccc1OCCOCC1CO1. The van der Waals surface area contributed by atoms with Crippen LogP contribution in [-0.2, 0) is 18.9 Å². The van der Waals surface area contributed by atoms with Gasteiger partial charge in [0.15, 0.2) is 0 Å². The fourth-order valence-corrected chi connectivity index (χ4v) is 3.27. The number of rotatable bonds is 14. The minimum atomic E-state index is 0.284. The smallest absolute Gasteiger partial charge is 0.119 e. The summed E-state index contributed by atoms with van der Waals surface area (Å²) in [6.07, 6.45) is 0.569. The summed E-state index contributed by atoms with van der Waals surface area (Å²) in [5, 5.41) is 7.57.